The molecule has 0 fully saturated rings. The lowest BCUT2D eigenvalue weighted by molar-refractivity contribution is -0.0231. The Labute approximate surface area is 98.3 Å². The van der Waals surface area contributed by atoms with E-state index in [4.69, 9.17) is 4.74 Å². The van der Waals surface area contributed by atoms with E-state index in [0.717, 1.165) is 6.92 Å². The van der Waals surface area contributed by atoms with Gasteiger partial charge in [-0.05, 0) is 30.7 Å². The molecule has 0 N–H and O–H groups in total. The van der Waals surface area contributed by atoms with Crippen LogP contribution < -0.4 is 4.74 Å². The first kappa shape index (κ1) is 13.4. The number of hydrogen-bond donors (Lipinski definition) is 0. The number of halogens is 2. The third-order valence-corrected chi connectivity index (χ3v) is 2.08. The van der Waals surface area contributed by atoms with Gasteiger partial charge in [0.25, 0.3) is 5.92 Å². The van der Waals surface area contributed by atoms with Gasteiger partial charge in [0.15, 0.2) is 6.61 Å². The third kappa shape index (κ3) is 4.01. The van der Waals surface area contributed by atoms with E-state index in [1.165, 1.54) is 25.3 Å². The number of methoxy groups -OCH3 is 1. The van der Waals surface area contributed by atoms with E-state index in [-0.39, 0.29) is 0 Å². The number of ether oxygens (including phenoxy) is 2. The lowest BCUT2D eigenvalue weighted by Gasteiger charge is -2.14. The molecule has 0 aliphatic carbocycles. The topological polar surface area (TPSA) is 35.5 Å². The molecule has 1 aromatic carbocycles. The zero-order valence-electron chi connectivity index (χ0n) is 9.92. The van der Waals surface area contributed by atoms with Gasteiger partial charge in [0.05, 0.1) is 12.7 Å². The highest BCUT2D eigenvalue weighted by atomic mass is 19.3. The summed E-state index contributed by atoms with van der Waals surface area (Å²) in [6.07, 6.45) is 0. The van der Waals surface area contributed by atoms with Gasteiger partial charge in [-0.25, -0.2) is 13.6 Å². The molecular formula is C12H14F2O3. The van der Waals surface area contributed by atoms with Crippen molar-refractivity contribution in [2.24, 2.45) is 0 Å². The molecule has 5 heteroatoms. The minimum absolute atomic E-state index is 0.333. The molecule has 1 rings (SSSR count). The van der Waals surface area contributed by atoms with E-state index < -0.39 is 18.5 Å². The Hall–Kier alpha value is -1.65. The number of hydrogen-bond acceptors (Lipinski definition) is 3. The van der Waals surface area contributed by atoms with E-state index in [9.17, 15) is 13.6 Å². The Morgan fingerprint density at radius 1 is 1.41 bits per heavy atom. The first-order chi connectivity index (χ1) is 7.83. The van der Waals surface area contributed by atoms with Crippen molar-refractivity contribution in [3.63, 3.8) is 0 Å². The van der Waals surface area contributed by atoms with E-state index >= 15 is 0 Å². The van der Waals surface area contributed by atoms with Crippen LogP contribution in [0.5, 0.6) is 5.75 Å². The van der Waals surface area contributed by atoms with Crippen molar-refractivity contribution >= 4 is 5.97 Å². The number of carbonyl (C=O) groups excluding carboxylic acids is 1. The monoisotopic (exact) mass is 244 g/mol. The Morgan fingerprint density at radius 2 is 2.06 bits per heavy atom. The van der Waals surface area contributed by atoms with E-state index in [0.29, 0.717) is 16.9 Å². The molecule has 0 saturated heterocycles. The van der Waals surface area contributed by atoms with Gasteiger partial charge in [-0.3, -0.25) is 0 Å². The summed E-state index contributed by atoms with van der Waals surface area (Å²) in [4.78, 5) is 11.2. The summed E-state index contributed by atoms with van der Waals surface area (Å²) >= 11 is 0. The minimum Gasteiger partial charge on any atom is -0.487 e. The molecule has 0 saturated carbocycles. The van der Waals surface area contributed by atoms with Crippen LogP contribution >= 0.6 is 0 Å². The standard InChI is InChI=1S/C12H14F2O3/c1-8-6-9(11(15)16-3)4-5-10(8)17-7-12(2,13)14/h4-6H,7H2,1-3H3. The molecular weight excluding hydrogens is 230 g/mol. The smallest absolute Gasteiger partial charge is 0.337 e. The molecule has 94 valence electrons. The van der Waals surface area contributed by atoms with Gasteiger partial charge in [0, 0.05) is 6.92 Å². The van der Waals surface area contributed by atoms with Gasteiger partial charge >= 0.3 is 5.97 Å². The predicted octanol–water partition coefficient (Wildman–Crippen LogP) is 2.82. The van der Waals surface area contributed by atoms with Gasteiger partial charge < -0.3 is 9.47 Å². The molecule has 1 aromatic rings. The highest BCUT2D eigenvalue weighted by Crippen LogP contribution is 2.22. The minimum atomic E-state index is -2.88. The zero-order chi connectivity index (χ0) is 13.1. The van der Waals surface area contributed by atoms with Gasteiger partial charge in [-0.2, -0.15) is 0 Å². The van der Waals surface area contributed by atoms with E-state index in [1.807, 2.05) is 0 Å². The number of carbonyl (C=O) groups is 1. The van der Waals surface area contributed by atoms with Crippen molar-refractivity contribution < 1.29 is 23.0 Å². The van der Waals surface area contributed by atoms with Gasteiger partial charge in [-0.1, -0.05) is 0 Å². The summed E-state index contributed by atoms with van der Waals surface area (Å²) in [6.45, 7) is 1.77. The third-order valence-electron chi connectivity index (χ3n) is 2.08. The SMILES string of the molecule is COC(=O)c1ccc(OCC(C)(F)F)c(C)c1. The molecule has 0 heterocycles. The van der Waals surface area contributed by atoms with Gasteiger partial charge in [0.1, 0.15) is 5.75 Å². The largest absolute Gasteiger partial charge is 0.487 e. The summed E-state index contributed by atoms with van der Waals surface area (Å²) in [6, 6.07) is 4.49. The fraction of sp³-hybridized carbons (Fsp3) is 0.417. The summed E-state index contributed by atoms with van der Waals surface area (Å²) < 4.78 is 34.7. The van der Waals surface area contributed by atoms with Crippen molar-refractivity contribution in [1.29, 1.82) is 0 Å². The molecule has 0 aliphatic heterocycles. The van der Waals surface area contributed by atoms with Crippen molar-refractivity contribution in [3.05, 3.63) is 29.3 Å². The molecule has 0 spiro atoms. The average Bonchev–Trinajstić information content (AvgIpc) is 2.25. The quantitative estimate of drug-likeness (QED) is 0.764. The van der Waals surface area contributed by atoms with Crippen LogP contribution in [-0.4, -0.2) is 25.6 Å². The van der Waals surface area contributed by atoms with Crippen LogP contribution in [0.2, 0.25) is 0 Å². The second kappa shape index (κ2) is 5.12. The summed E-state index contributed by atoms with van der Waals surface area (Å²) in [7, 11) is 1.28. The van der Waals surface area contributed by atoms with Crippen molar-refractivity contribution in [1.82, 2.24) is 0 Å². The number of esters is 1. The molecule has 3 nitrogen and oxygen atoms in total. The first-order valence-corrected chi connectivity index (χ1v) is 5.03. The summed E-state index contributed by atoms with van der Waals surface area (Å²) in [5.74, 6) is -3.02. The van der Waals surface area contributed by atoms with Crippen LogP contribution in [0.3, 0.4) is 0 Å². The molecule has 0 bridgehead atoms. The van der Waals surface area contributed by atoms with Gasteiger partial charge in [0.2, 0.25) is 0 Å². The fourth-order valence-electron chi connectivity index (χ4n) is 1.26. The predicted molar refractivity (Wildman–Crippen MR) is 58.6 cm³/mol. The van der Waals surface area contributed by atoms with Crippen LogP contribution in [0.15, 0.2) is 18.2 Å². The Balaban J connectivity index is 2.80. The lowest BCUT2D eigenvalue weighted by Crippen LogP contribution is -2.21. The maximum absolute atomic E-state index is 12.6. The van der Waals surface area contributed by atoms with Crippen LogP contribution in [-0.2, 0) is 4.74 Å². The molecule has 17 heavy (non-hydrogen) atoms. The Kier molecular flexibility index (Phi) is 4.04. The molecule has 0 unspecified atom stereocenters. The van der Waals surface area contributed by atoms with Crippen LogP contribution in [0.25, 0.3) is 0 Å². The molecule has 0 radical (unpaired) electrons. The van der Waals surface area contributed by atoms with Crippen LogP contribution in [0.4, 0.5) is 8.78 Å². The van der Waals surface area contributed by atoms with Crippen LogP contribution in [0.1, 0.15) is 22.8 Å². The zero-order valence-corrected chi connectivity index (χ0v) is 9.92. The number of benzene rings is 1. The van der Waals surface area contributed by atoms with Crippen molar-refractivity contribution in [2.75, 3.05) is 13.7 Å². The Morgan fingerprint density at radius 3 is 2.53 bits per heavy atom. The highest BCUT2D eigenvalue weighted by molar-refractivity contribution is 5.89. The van der Waals surface area contributed by atoms with E-state index in [1.54, 1.807) is 6.92 Å². The molecule has 0 aromatic heterocycles. The number of rotatable bonds is 4. The van der Waals surface area contributed by atoms with E-state index in [2.05, 4.69) is 4.74 Å². The maximum atomic E-state index is 12.6. The first-order valence-electron chi connectivity index (χ1n) is 5.03. The normalized spacial score (nSPS) is 11.1. The highest BCUT2D eigenvalue weighted by Gasteiger charge is 2.22. The second-order valence-corrected chi connectivity index (χ2v) is 3.83. The molecule has 0 amide bonds. The van der Waals surface area contributed by atoms with Crippen LogP contribution in [0, 0.1) is 6.92 Å². The Bertz CT molecular complexity index is 411. The average molecular weight is 244 g/mol. The maximum Gasteiger partial charge on any atom is 0.337 e. The van der Waals surface area contributed by atoms with Gasteiger partial charge in [-0.15, -0.1) is 0 Å². The van der Waals surface area contributed by atoms with Crippen molar-refractivity contribution in [3.8, 4) is 5.75 Å². The molecule has 0 atom stereocenters. The summed E-state index contributed by atoms with van der Waals surface area (Å²) in [5, 5.41) is 0. The lowest BCUT2D eigenvalue weighted by atomic mass is 10.1. The summed E-state index contributed by atoms with van der Waals surface area (Å²) in [5.41, 5.74) is 0.970. The van der Waals surface area contributed by atoms with Crippen molar-refractivity contribution in [2.45, 2.75) is 19.8 Å². The number of aryl methyl sites for hydroxylation is 1. The number of alkyl halides is 2. The fourth-order valence-corrected chi connectivity index (χ4v) is 1.26. The molecule has 0 aliphatic rings. The second-order valence-electron chi connectivity index (χ2n) is 3.83.